The molecule has 1 unspecified atom stereocenters. The van der Waals surface area contributed by atoms with Crippen LogP contribution in [0.25, 0.3) is 0 Å². The van der Waals surface area contributed by atoms with Crippen molar-refractivity contribution in [1.29, 1.82) is 0 Å². The molecule has 1 saturated heterocycles. The van der Waals surface area contributed by atoms with E-state index in [1.165, 1.54) is 0 Å². The molecule has 1 aliphatic heterocycles. The van der Waals surface area contributed by atoms with Gasteiger partial charge in [-0.15, -0.1) is 0 Å². The Labute approximate surface area is 104 Å². The molecule has 0 aliphatic carbocycles. The van der Waals surface area contributed by atoms with Crippen molar-refractivity contribution >= 4 is 5.91 Å². The normalized spacial score (nSPS) is 20.0. The summed E-state index contributed by atoms with van der Waals surface area (Å²) in [4.78, 5) is 11.9. The molecule has 1 aliphatic rings. The van der Waals surface area contributed by atoms with E-state index in [9.17, 15) is 4.79 Å². The first-order valence-electron chi connectivity index (χ1n) is 6.51. The predicted molar refractivity (Wildman–Crippen MR) is 68.6 cm³/mol. The van der Waals surface area contributed by atoms with Gasteiger partial charge in [-0.2, -0.15) is 0 Å². The second-order valence-corrected chi connectivity index (χ2v) is 6.08. The number of carbonyl (C=O) groups excluding carboxylic acids is 1. The van der Waals surface area contributed by atoms with Crippen molar-refractivity contribution in [2.75, 3.05) is 19.8 Å². The number of nitrogens with one attached hydrogen (secondary N) is 1. The van der Waals surface area contributed by atoms with Crippen LogP contribution < -0.4 is 11.1 Å². The molecule has 100 valence electrons. The largest absolute Gasteiger partial charge is 0.381 e. The Morgan fingerprint density at radius 1 is 1.41 bits per heavy atom. The molecule has 0 aromatic rings. The van der Waals surface area contributed by atoms with Crippen LogP contribution in [0.5, 0.6) is 0 Å². The van der Waals surface area contributed by atoms with Gasteiger partial charge in [-0.1, -0.05) is 20.8 Å². The second-order valence-electron chi connectivity index (χ2n) is 6.08. The van der Waals surface area contributed by atoms with Crippen LogP contribution in [0.3, 0.4) is 0 Å². The van der Waals surface area contributed by atoms with E-state index in [-0.39, 0.29) is 23.3 Å². The van der Waals surface area contributed by atoms with Gasteiger partial charge in [0.25, 0.3) is 0 Å². The summed E-state index contributed by atoms with van der Waals surface area (Å²) in [5.74, 6) is 0.263. The summed E-state index contributed by atoms with van der Waals surface area (Å²) >= 11 is 0. The van der Waals surface area contributed by atoms with E-state index in [0.717, 1.165) is 32.5 Å². The molecule has 4 heteroatoms. The van der Waals surface area contributed by atoms with Crippen LogP contribution in [0.1, 0.15) is 40.0 Å². The van der Waals surface area contributed by atoms with Crippen LogP contribution >= 0.6 is 0 Å². The van der Waals surface area contributed by atoms with Gasteiger partial charge in [-0.05, 0) is 30.6 Å². The topological polar surface area (TPSA) is 64.4 Å². The summed E-state index contributed by atoms with van der Waals surface area (Å²) < 4.78 is 5.27. The minimum absolute atomic E-state index is 0.0128. The van der Waals surface area contributed by atoms with E-state index in [2.05, 4.69) is 26.1 Å². The van der Waals surface area contributed by atoms with Crippen molar-refractivity contribution < 1.29 is 9.53 Å². The molecule has 0 radical (unpaired) electrons. The van der Waals surface area contributed by atoms with Gasteiger partial charge in [0.15, 0.2) is 0 Å². The minimum atomic E-state index is -0.376. The molecule has 1 rings (SSSR count). The molecule has 1 amide bonds. The van der Waals surface area contributed by atoms with Crippen LogP contribution in [0.2, 0.25) is 0 Å². The van der Waals surface area contributed by atoms with Crippen molar-refractivity contribution in [3.05, 3.63) is 0 Å². The van der Waals surface area contributed by atoms with E-state index in [1.54, 1.807) is 0 Å². The summed E-state index contributed by atoms with van der Waals surface area (Å²) in [6, 6.07) is -0.376. The molecule has 1 heterocycles. The number of ether oxygens (including phenoxy) is 1. The second kappa shape index (κ2) is 6.36. The minimum Gasteiger partial charge on any atom is -0.381 e. The number of rotatable bonds is 4. The van der Waals surface area contributed by atoms with Crippen LogP contribution in [0.4, 0.5) is 0 Å². The van der Waals surface area contributed by atoms with Gasteiger partial charge in [-0.3, -0.25) is 4.79 Å². The number of hydrogen-bond acceptors (Lipinski definition) is 3. The molecule has 0 aromatic carbocycles. The summed E-state index contributed by atoms with van der Waals surface area (Å²) in [5.41, 5.74) is 6.22. The standard InChI is InChI=1S/C13H26N2O2/c1-13(2,3)6-7-15-12(16)11(14)10-4-8-17-9-5-10/h10-11H,4-9,14H2,1-3H3,(H,15,16). The maximum absolute atomic E-state index is 11.9. The number of carbonyl (C=O) groups is 1. The molecule has 0 saturated carbocycles. The first kappa shape index (κ1) is 14.5. The zero-order valence-electron chi connectivity index (χ0n) is 11.3. The number of nitrogens with two attached hydrogens (primary N) is 1. The van der Waals surface area contributed by atoms with Gasteiger partial charge < -0.3 is 15.8 Å². The fraction of sp³-hybridized carbons (Fsp3) is 0.923. The summed E-state index contributed by atoms with van der Waals surface area (Å²) in [6.07, 6.45) is 2.76. The molecule has 17 heavy (non-hydrogen) atoms. The lowest BCUT2D eigenvalue weighted by molar-refractivity contribution is -0.124. The quantitative estimate of drug-likeness (QED) is 0.781. The third-order valence-corrected chi connectivity index (χ3v) is 3.25. The highest BCUT2D eigenvalue weighted by Crippen LogP contribution is 2.19. The Hall–Kier alpha value is -0.610. The summed E-state index contributed by atoms with van der Waals surface area (Å²) in [5, 5.41) is 2.93. The van der Waals surface area contributed by atoms with E-state index in [4.69, 9.17) is 10.5 Å². The van der Waals surface area contributed by atoms with E-state index < -0.39 is 0 Å². The van der Waals surface area contributed by atoms with Gasteiger partial charge in [0, 0.05) is 19.8 Å². The fourth-order valence-electron chi connectivity index (χ4n) is 1.97. The molecular weight excluding hydrogens is 216 g/mol. The number of amides is 1. The molecule has 0 aromatic heterocycles. The molecular formula is C13H26N2O2. The van der Waals surface area contributed by atoms with Crippen molar-refractivity contribution in [2.24, 2.45) is 17.1 Å². The van der Waals surface area contributed by atoms with Crippen molar-refractivity contribution in [1.82, 2.24) is 5.32 Å². The molecule has 0 bridgehead atoms. The molecule has 4 nitrogen and oxygen atoms in total. The summed E-state index contributed by atoms with van der Waals surface area (Å²) in [7, 11) is 0. The zero-order valence-corrected chi connectivity index (χ0v) is 11.3. The van der Waals surface area contributed by atoms with Crippen LogP contribution in [0.15, 0.2) is 0 Å². The predicted octanol–water partition coefficient (Wildman–Crippen LogP) is 1.29. The first-order chi connectivity index (χ1) is 7.90. The zero-order chi connectivity index (χ0) is 12.9. The average molecular weight is 242 g/mol. The highest BCUT2D eigenvalue weighted by molar-refractivity contribution is 5.81. The maximum atomic E-state index is 11.9. The average Bonchev–Trinajstić information content (AvgIpc) is 2.27. The van der Waals surface area contributed by atoms with Crippen LogP contribution in [-0.2, 0) is 9.53 Å². The van der Waals surface area contributed by atoms with E-state index in [1.807, 2.05) is 0 Å². The van der Waals surface area contributed by atoms with Gasteiger partial charge in [0.05, 0.1) is 6.04 Å². The third kappa shape index (κ3) is 5.50. The monoisotopic (exact) mass is 242 g/mol. The Kier molecular flexibility index (Phi) is 5.40. The Balaban J connectivity index is 2.26. The van der Waals surface area contributed by atoms with Crippen molar-refractivity contribution in [3.63, 3.8) is 0 Å². The lowest BCUT2D eigenvalue weighted by Crippen LogP contribution is -2.47. The Morgan fingerprint density at radius 3 is 2.53 bits per heavy atom. The first-order valence-corrected chi connectivity index (χ1v) is 6.51. The fourth-order valence-corrected chi connectivity index (χ4v) is 1.97. The Bertz CT molecular complexity index is 242. The van der Waals surface area contributed by atoms with Crippen molar-refractivity contribution in [2.45, 2.75) is 46.1 Å². The van der Waals surface area contributed by atoms with Gasteiger partial charge >= 0.3 is 0 Å². The third-order valence-electron chi connectivity index (χ3n) is 3.25. The van der Waals surface area contributed by atoms with Crippen molar-refractivity contribution in [3.8, 4) is 0 Å². The SMILES string of the molecule is CC(C)(C)CCNC(=O)C(N)C1CCOCC1. The molecule has 3 N–H and O–H groups in total. The number of hydrogen-bond donors (Lipinski definition) is 2. The smallest absolute Gasteiger partial charge is 0.237 e. The lowest BCUT2D eigenvalue weighted by Gasteiger charge is -2.27. The molecule has 1 atom stereocenters. The van der Waals surface area contributed by atoms with Gasteiger partial charge in [-0.25, -0.2) is 0 Å². The lowest BCUT2D eigenvalue weighted by atomic mass is 9.91. The maximum Gasteiger partial charge on any atom is 0.237 e. The van der Waals surface area contributed by atoms with Gasteiger partial charge in [0.1, 0.15) is 0 Å². The van der Waals surface area contributed by atoms with E-state index >= 15 is 0 Å². The Morgan fingerprint density at radius 2 is 2.00 bits per heavy atom. The highest BCUT2D eigenvalue weighted by Gasteiger charge is 2.26. The van der Waals surface area contributed by atoms with Gasteiger partial charge in [0.2, 0.25) is 5.91 Å². The van der Waals surface area contributed by atoms with E-state index in [0.29, 0.717) is 6.54 Å². The highest BCUT2D eigenvalue weighted by atomic mass is 16.5. The molecule has 1 fully saturated rings. The molecule has 0 spiro atoms. The van der Waals surface area contributed by atoms with Crippen LogP contribution in [0, 0.1) is 11.3 Å². The van der Waals surface area contributed by atoms with Crippen LogP contribution in [-0.4, -0.2) is 31.7 Å². The summed E-state index contributed by atoms with van der Waals surface area (Å²) in [6.45, 7) is 8.66.